The molecule has 2 atom stereocenters. The van der Waals surface area contributed by atoms with E-state index in [0.717, 1.165) is 12.1 Å². The van der Waals surface area contributed by atoms with Gasteiger partial charge in [-0.3, -0.25) is 24.0 Å². The lowest BCUT2D eigenvalue weighted by Gasteiger charge is -2.34. The van der Waals surface area contributed by atoms with E-state index in [2.05, 4.69) is 5.32 Å². The Hall–Kier alpha value is -4.96. The summed E-state index contributed by atoms with van der Waals surface area (Å²) in [7, 11) is -6.29. The third kappa shape index (κ3) is 7.81. The third-order valence-electron chi connectivity index (χ3n) is 6.70. The molecule has 0 spiro atoms. The molecule has 246 valence electrons. The van der Waals surface area contributed by atoms with Crippen molar-refractivity contribution in [2.24, 2.45) is 5.14 Å². The van der Waals surface area contributed by atoms with Gasteiger partial charge in [0, 0.05) is 18.7 Å². The van der Waals surface area contributed by atoms with Gasteiger partial charge in [0.15, 0.2) is 0 Å². The zero-order chi connectivity index (χ0) is 34.1. The van der Waals surface area contributed by atoms with Gasteiger partial charge in [-0.1, -0.05) is 12.1 Å². The quantitative estimate of drug-likeness (QED) is 0.117. The fraction of sp³-hybridized carbons (Fsp3) is 0.292. The van der Waals surface area contributed by atoms with Gasteiger partial charge in [-0.05, 0) is 36.2 Å². The maximum Gasteiger partial charge on any atom is 0.547 e. The number of para-hydroxylation sites is 1. The molecule has 0 aliphatic carbocycles. The Kier molecular flexibility index (Phi) is 9.45. The molecule has 22 heteroatoms. The van der Waals surface area contributed by atoms with Crippen molar-refractivity contribution in [3.63, 3.8) is 0 Å². The molecule has 5 amide bonds. The van der Waals surface area contributed by atoms with Crippen LogP contribution in [0.25, 0.3) is 0 Å². The number of urea groups is 1. The van der Waals surface area contributed by atoms with E-state index < -0.39 is 96.2 Å². The Balaban J connectivity index is 1.63. The summed E-state index contributed by atoms with van der Waals surface area (Å²) in [4.78, 5) is 63.3. The number of rotatable bonds is 8. The number of carbonyl (C=O) groups excluding carboxylic acids is 4. The average molecular weight is 674 g/mol. The van der Waals surface area contributed by atoms with Crippen molar-refractivity contribution >= 4 is 52.7 Å². The Morgan fingerprint density at radius 2 is 1.83 bits per heavy atom. The molecule has 1 fully saturated rings. The van der Waals surface area contributed by atoms with Crippen LogP contribution in [0.3, 0.4) is 0 Å². The normalized spacial score (nSPS) is 17.5. The third-order valence-corrected chi connectivity index (χ3v) is 7.22. The number of nitrogens with zero attached hydrogens (tertiary/aromatic N) is 2. The summed E-state index contributed by atoms with van der Waals surface area (Å²) in [5, 5.41) is 29.2. The van der Waals surface area contributed by atoms with Crippen molar-refractivity contribution in [2.45, 2.75) is 24.6 Å². The minimum absolute atomic E-state index is 0.163. The molecule has 2 unspecified atom stereocenters. The van der Waals surface area contributed by atoms with E-state index in [4.69, 9.17) is 9.79 Å². The smallest absolute Gasteiger partial charge is 0.534 e. The zero-order valence-corrected chi connectivity index (χ0v) is 23.9. The zero-order valence-electron chi connectivity index (χ0n) is 23.1. The first-order chi connectivity index (χ1) is 21.3. The van der Waals surface area contributed by atoms with Crippen LogP contribution >= 0.6 is 0 Å². The summed E-state index contributed by atoms with van der Waals surface area (Å²) in [5.41, 5.74) is -1.15. The van der Waals surface area contributed by atoms with E-state index in [-0.39, 0.29) is 38.8 Å². The molecule has 0 saturated carbocycles. The summed E-state index contributed by atoms with van der Waals surface area (Å²) in [6.07, 6.45) is -5.08. The number of piperazine rings is 1. The molecule has 0 radical (unpaired) electrons. The molecule has 2 heterocycles. The Labute approximate surface area is 256 Å². The number of fused-ring (bicyclic) bond motifs is 1. The number of anilines is 1. The minimum atomic E-state index is -4.85. The molecule has 46 heavy (non-hydrogen) atoms. The SMILES string of the molecule is NS(=O)(=O)Nc1ccc(F)c(C(NC(=O)N2CCN(CC(F)(F)F)C(=O)C2=O)C(=O)NC2Cc3cccc(C(=O)O)c3OB2O)c1. The van der Waals surface area contributed by atoms with E-state index in [1.165, 1.54) is 18.2 Å². The maximum absolute atomic E-state index is 15.1. The lowest BCUT2D eigenvalue weighted by atomic mass is 9.72. The lowest BCUT2D eigenvalue weighted by molar-refractivity contribution is -0.170. The maximum atomic E-state index is 15.1. The number of amides is 5. The largest absolute Gasteiger partial charge is 0.547 e. The van der Waals surface area contributed by atoms with Crippen molar-refractivity contribution < 1.29 is 64.7 Å². The van der Waals surface area contributed by atoms with Gasteiger partial charge in [0.1, 0.15) is 24.2 Å². The minimum Gasteiger partial charge on any atom is -0.534 e. The first-order valence-electron chi connectivity index (χ1n) is 12.9. The summed E-state index contributed by atoms with van der Waals surface area (Å²) in [6, 6.07) is 2.75. The number of carboxylic acid groups (broad SMARTS) is 1. The summed E-state index contributed by atoms with van der Waals surface area (Å²) in [6.45, 7) is -3.23. The van der Waals surface area contributed by atoms with Crippen LogP contribution in [0, 0.1) is 5.82 Å². The van der Waals surface area contributed by atoms with Crippen LogP contribution in [0.2, 0.25) is 0 Å². The number of hydrogen-bond donors (Lipinski definition) is 6. The first-order valence-corrected chi connectivity index (χ1v) is 14.5. The van der Waals surface area contributed by atoms with Gasteiger partial charge in [0.25, 0.3) is 10.2 Å². The van der Waals surface area contributed by atoms with E-state index in [1.807, 2.05) is 10.0 Å². The van der Waals surface area contributed by atoms with E-state index >= 15 is 4.39 Å². The number of carboxylic acids is 1. The summed E-state index contributed by atoms with van der Waals surface area (Å²) < 4.78 is 83.7. The number of alkyl halides is 3. The van der Waals surface area contributed by atoms with Gasteiger partial charge in [-0.2, -0.15) is 21.6 Å². The van der Waals surface area contributed by atoms with Crippen molar-refractivity contribution in [1.29, 1.82) is 0 Å². The van der Waals surface area contributed by atoms with E-state index in [9.17, 15) is 55.7 Å². The van der Waals surface area contributed by atoms with Gasteiger partial charge in [0.2, 0.25) is 5.91 Å². The van der Waals surface area contributed by atoms with Crippen molar-refractivity contribution in [2.75, 3.05) is 24.4 Å². The second-order valence-electron chi connectivity index (χ2n) is 9.99. The lowest BCUT2D eigenvalue weighted by Crippen LogP contribution is -2.61. The fourth-order valence-corrected chi connectivity index (χ4v) is 5.15. The number of hydrogen-bond acceptors (Lipinski definition) is 9. The van der Waals surface area contributed by atoms with Crippen LogP contribution in [0.5, 0.6) is 5.75 Å². The number of nitrogens with two attached hydrogens (primary N) is 1. The summed E-state index contributed by atoms with van der Waals surface area (Å²) >= 11 is 0. The average Bonchev–Trinajstić information content (AvgIpc) is 2.94. The second-order valence-corrected chi connectivity index (χ2v) is 11.3. The highest BCUT2D eigenvalue weighted by Gasteiger charge is 2.43. The van der Waals surface area contributed by atoms with Crippen LogP contribution in [-0.4, -0.2) is 96.9 Å². The van der Waals surface area contributed by atoms with Crippen LogP contribution in [-0.2, 0) is 31.0 Å². The van der Waals surface area contributed by atoms with E-state index in [1.54, 1.807) is 0 Å². The molecule has 2 aliphatic rings. The molecule has 0 aromatic heterocycles. The topological polar surface area (TPSA) is 238 Å². The monoisotopic (exact) mass is 674 g/mol. The molecule has 1 saturated heterocycles. The Morgan fingerprint density at radius 1 is 1.13 bits per heavy atom. The number of carbonyl (C=O) groups is 5. The number of halogens is 4. The van der Waals surface area contributed by atoms with Crippen molar-refractivity contribution in [3.05, 3.63) is 58.9 Å². The molecule has 2 aromatic rings. The van der Waals surface area contributed by atoms with Gasteiger partial charge in [0.05, 0.1) is 17.2 Å². The highest BCUT2D eigenvalue weighted by molar-refractivity contribution is 7.90. The number of imide groups is 1. The number of benzene rings is 2. The van der Waals surface area contributed by atoms with Crippen molar-refractivity contribution in [3.8, 4) is 5.75 Å². The molecular weight excluding hydrogens is 651 g/mol. The predicted octanol–water partition coefficient (Wildman–Crippen LogP) is -0.737. The molecule has 2 aromatic carbocycles. The molecular formula is C24H23BF4N6O10S. The van der Waals surface area contributed by atoms with Crippen LogP contribution in [0.15, 0.2) is 36.4 Å². The van der Waals surface area contributed by atoms with Gasteiger partial charge in [-0.15, -0.1) is 0 Å². The standard InChI is InChI=1S/C24H23BF4N6O10S/c26-15-5-4-12(33-46(30,43)44)9-14(15)17(32-23(41)35-7-6-34(10-24(27,28)29)20(37)21(35)38)19(36)31-16-8-11-2-1-3-13(22(39)40)18(11)45-25(16)42/h1-5,9,16-17,33,42H,6-8,10H2,(H,31,36)(H,32,41)(H,39,40)(H2,30,43,44). The van der Waals surface area contributed by atoms with Crippen LogP contribution in [0.4, 0.5) is 28.0 Å². The molecule has 7 N–H and O–H groups in total. The van der Waals surface area contributed by atoms with Gasteiger partial charge >= 0.3 is 37.1 Å². The molecule has 4 rings (SSSR count). The predicted molar refractivity (Wildman–Crippen MR) is 146 cm³/mol. The van der Waals surface area contributed by atoms with Gasteiger partial charge in [-0.25, -0.2) is 19.1 Å². The molecule has 2 aliphatic heterocycles. The summed E-state index contributed by atoms with van der Waals surface area (Å²) in [5.74, 6) is -8.73. The fourth-order valence-electron chi connectivity index (χ4n) is 4.70. The van der Waals surface area contributed by atoms with E-state index in [0.29, 0.717) is 6.07 Å². The van der Waals surface area contributed by atoms with Crippen molar-refractivity contribution in [1.82, 2.24) is 20.4 Å². The van der Waals surface area contributed by atoms with Crippen LogP contribution in [0.1, 0.15) is 27.5 Å². The Bertz CT molecular complexity index is 1710. The molecule has 16 nitrogen and oxygen atoms in total. The van der Waals surface area contributed by atoms with Gasteiger partial charge < -0.3 is 30.3 Å². The molecule has 0 bridgehead atoms. The number of aromatic carboxylic acids is 1. The second kappa shape index (κ2) is 12.8. The highest BCUT2D eigenvalue weighted by atomic mass is 32.2. The highest BCUT2D eigenvalue weighted by Crippen LogP contribution is 2.31. The number of nitrogens with one attached hydrogen (secondary N) is 3. The van der Waals surface area contributed by atoms with Crippen LogP contribution < -0.4 is 25.1 Å². The Morgan fingerprint density at radius 3 is 2.46 bits per heavy atom. The first kappa shape index (κ1) is 33.9.